The van der Waals surface area contributed by atoms with Crippen molar-refractivity contribution in [3.05, 3.63) is 48.0 Å². The molecule has 2 rings (SSSR count). The molecule has 1 N–H and O–H groups in total. The fourth-order valence-corrected chi connectivity index (χ4v) is 3.81. The number of sulfonamides is 1. The Morgan fingerprint density at radius 1 is 1.03 bits per heavy atom. The highest BCUT2D eigenvalue weighted by Crippen LogP contribution is 2.33. The van der Waals surface area contributed by atoms with Gasteiger partial charge in [-0.2, -0.15) is 0 Å². The zero-order valence-corrected chi connectivity index (χ0v) is 19.2. The molecule has 0 aliphatic rings. The van der Waals surface area contributed by atoms with Crippen molar-refractivity contribution < 1.29 is 27.4 Å². The number of carbonyl (C=O) groups excluding carboxylic acids is 1. The number of hydrogen-bond acceptors (Lipinski definition) is 6. The van der Waals surface area contributed by atoms with Crippen molar-refractivity contribution in [2.75, 3.05) is 44.5 Å². The molecule has 0 spiro atoms. The lowest BCUT2D eigenvalue weighted by molar-refractivity contribution is -0.119. The van der Waals surface area contributed by atoms with Gasteiger partial charge in [-0.15, -0.1) is 0 Å². The number of aryl methyl sites for hydroxylation is 1. The number of benzene rings is 2. The molecule has 1 amide bonds. The molecule has 31 heavy (non-hydrogen) atoms. The van der Waals surface area contributed by atoms with Crippen LogP contribution >= 0.6 is 0 Å². The lowest BCUT2D eigenvalue weighted by Crippen LogP contribution is -2.41. The lowest BCUT2D eigenvalue weighted by atomic mass is 10.1. The summed E-state index contributed by atoms with van der Waals surface area (Å²) in [5, 5.41) is 2.68. The van der Waals surface area contributed by atoms with E-state index in [2.05, 4.69) is 12.2 Å². The first-order chi connectivity index (χ1) is 14.8. The molecule has 0 aromatic heterocycles. The normalized spacial score (nSPS) is 11.0. The van der Waals surface area contributed by atoms with Crippen molar-refractivity contribution in [2.45, 2.75) is 19.8 Å². The molecule has 0 aliphatic carbocycles. The highest BCUT2D eigenvalue weighted by Gasteiger charge is 2.24. The van der Waals surface area contributed by atoms with Crippen LogP contribution in [0.1, 0.15) is 18.9 Å². The van der Waals surface area contributed by atoms with Crippen molar-refractivity contribution in [2.24, 2.45) is 0 Å². The van der Waals surface area contributed by atoms with Crippen molar-refractivity contribution in [1.29, 1.82) is 0 Å². The monoisotopic (exact) mass is 450 g/mol. The second-order valence-electron chi connectivity index (χ2n) is 6.90. The van der Waals surface area contributed by atoms with Crippen molar-refractivity contribution in [3.63, 3.8) is 0 Å². The number of amides is 1. The van der Waals surface area contributed by atoms with E-state index in [1.807, 2.05) is 24.3 Å². The molecule has 2 aromatic carbocycles. The fourth-order valence-electron chi connectivity index (χ4n) is 2.96. The lowest BCUT2D eigenvalue weighted by Gasteiger charge is -2.24. The molecule has 8 nitrogen and oxygen atoms in total. The number of nitrogens with zero attached hydrogens (tertiary/aromatic N) is 1. The van der Waals surface area contributed by atoms with E-state index in [1.54, 1.807) is 12.1 Å². The first-order valence-corrected chi connectivity index (χ1v) is 11.8. The van der Waals surface area contributed by atoms with Crippen molar-refractivity contribution in [3.8, 4) is 17.2 Å². The van der Waals surface area contributed by atoms with Crippen LogP contribution in [-0.2, 0) is 21.2 Å². The summed E-state index contributed by atoms with van der Waals surface area (Å²) in [7, 11) is -0.846. The van der Waals surface area contributed by atoms with Crippen molar-refractivity contribution >= 4 is 21.6 Å². The average molecular weight is 451 g/mol. The van der Waals surface area contributed by atoms with Gasteiger partial charge in [-0.25, -0.2) is 8.42 Å². The van der Waals surface area contributed by atoms with E-state index >= 15 is 0 Å². The predicted octanol–water partition coefficient (Wildman–Crippen LogP) is 2.62. The molecule has 0 saturated heterocycles. The van der Waals surface area contributed by atoms with E-state index < -0.39 is 22.5 Å². The summed E-state index contributed by atoms with van der Waals surface area (Å²) < 4.78 is 41.7. The zero-order valence-electron chi connectivity index (χ0n) is 18.4. The minimum atomic E-state index is -3.75. The summed E-state index contributed by atoms with van der Waals surface area (Å²) in [6, 6.07) is 12.6. The van der Waals surface area contributed by atoms with E-state index in [0.717, 1.165) is 23.4 Å². The highest BCUT2D eigenvalue weighted by atomic mass is 32.2. The standard InChI is InChI=1S/C22H30N2O6S/c1-5-6-17-7-9-18(10-8-17)30-14-13-23-22(25)16-24(31(4,26)27)20-15-19(28-2)11-12-21(20)29-3/h7-12,15H,5-6,13-14,16H2,1-4H3,(H,23,25). The van der Waals surface area contributed by atoms with Gasteiger partial charge in [0.1, 0.15) is 30.4 Å². The second-order valence-corrected chi connectivity index (χ2v) is 8.81. The molecule has 170 valence electrons. The van der Waals surface area contributed by atoms with Crippen LogP contribution in [0, 0.1) is 0 Å². The summed E-state index contributed by atoms with van der Waals surface area (Å²) in [6.07, 6.45) is 3.13. The molecule has 0 atom stereocenters. The Bertz CT molecular complexity index is 960. The van der Waals surface area contributed by atoms with Gasteiger partial charge < -0.3 is 19.5 Å². The molecular formula is C22H30N2O6S. The van der Waals surface area contributed by atoms with Crippen LogP contribution < -0.4 is 23.8 Å². The molecule has 0 saturated carbocycles. The smallest absolute Gasteiger partial charge is 0.240 e. The van der Waals surface area contributed by atoms with Gasteiger partial charge in [0.05, 0.1) is 32.7 Å². The maximum absolute atomic E-state index is 12.4. The number of methoxy groups -OCH3 is 2. The number of hydrogen-bond donors (Lipinski definition) is 1. The maximum atomic E-state index is 12.4. The van der Waals surface area contributed by atoms with E-state index in [4.69, 9.17) is 14.2 Å². The third-order valence-corrected chi connectivity index (χ3v) is 5.62. The summed E-state index contributed by atoms with van der Waals surface area (Å²) in [6.45, 7) is 2.24. The van der Waals surface area contributed by atoms with Crippen LogP contribution in [0.3, 0.4) is 0 Å². The molecule has 2 aromatic rings. The van der Waals surface area contributed by atoms with E-state index in [9.17, 15) is 13.2 Å². The Hall–Kier alpha value is -2.94. The molecular weight excluding hydrogens is 420 g/mol. The Morgan fingerprint density at radius 3 is 2.29 bits per heavy atom. The number of nitrogens with one attached hydrogen (secondary N) is 1. The Balaban J connectivity index is 1.96. The third kappa shape index (κ3) is 7.36. The SMILES string of the molecule is CCCc1ccc(OCCNC(=O)CN(c2cc(OC)ccc2OC)S(C)(=O)=O)cc1. The minimum absolute atomic E-state index is 0.225. The average Bonchev–Trinajstić information content (AvgIpc) is 2.75. The molecule has 0 aliphatic heterocycles. The quantitative estimate of drug-likeness (QED) is 0.500. The first-order valence-electron chi connectivity index (χ1n) is 9.96. The van der Waals surface area contributed by atoms with Crippen LogP contribution in [0.4, 0.5) is 5.69 Å². The van der Waals surface area contributed by atoms with E-state index in [-0.39, 0.29) is 18.8 Å². The molecule has 9 heteroatoms. The van der Waals surface area contributed by atoms with Crippen LogP contribution in [-0.4, -0.2) is 54.5 Å². The van der Waals surface area contributed by atoms with Crippen LogP contribution in [0.25, 0.3) is 0 Å². The summed E-state index contributed by atoms with van der Waals surface area (Å²) in [5.41, 5.74) is 1.47. The van der Waals surface area contributed by atoms with Crippen LogP contribution in [0.2, 0.25) is 0 Å². The molecule has 0 fully saturated rings. The zero-order chi connectivity index (χ0) is 22.9. The Morgan fingerprint density at radius 2 is 1.71 bits per heavy atom. The van der Waals surface area contributed by atoms with E-state index in [0.29, 0.717) is 17.2 Å². The largest absolute Gasteiger partial charge is 0.497 e. The van der Waals surface area contributed by atoms with Gasteiger partial charge in [-0.3, -0.25) is 9.10 Å². The van der Waals surface area contributed by atoms with Gasteiger partial charge in [0.2, 0.25) is 15.9 Å². The topological polar surface area (TPSA) is 94.2 Å². The Labute approximate surface area is 184 Å². The number of rotatable bonds is 12. The molecule has 0 unspecified atom stereocenters. The minimum Gasteiger partial charge on any atom is -0.497 e. The van der Waals surface area contributed by atoms with Crippen molar-refractivity contribution in [1.82, 2.24) is 5.32 Å². The molecule has 0 radical (unpaired) electrons. The fraction of sp³-hybridized carbons (Fsp3) is 0.409. The van der Waals surface area contributed by atoms with Gasteiger partial charge >= 0.3 is 0 Å². The second kappa shape index (κ2) is 11.5. The maximum Gasteiger partial charge on any atom is 0.240 e. The van der Waals surface area contributed by atoms with E-state index in [1.165, 1.54) is 25.8 Å². The van der Waals surface area contributed by atoms with Crippen LogP contribution in [0.15, 0.2) is 42.5 Å². The third-order valence-electron chi connectivity index (χ3n) is 4.50. The summed E-state index contributed by atoms with van der Waals surface area (Å²) in [5.74, 6) is 1.02. The van der Waals surface area contributed by atoms with Gasteiger partial charge in [-0.05, 0) is 36.2 Å². The van der Waals surface area contributed by atoms with Gasteiger partial charge in [-0.1, -0.05) is 25.5 Å². The highest BCUT2D eigenvalue weighted by molar-refractivity contribution is 7.92. The van der Waals surface area contributed by atoms with Crippen LogP contribution in [0.5, 0.6) is 17.2 Å². The van der Waals surface area contributed by atoms with Gasteiger partial charge in [0.25, 0.3) is 0 Å². The molecule has 0 bridgehead atoms. The van der Waals surface area contributed by atoms with Gasteiger partial charge in [0.15, 0.2) is 0 Å². The number of anilines is 1. The Kier molecular flexibility index (Phi) is 8.99. The number of carbonyl (C=O) groups is 1. The summed E-state index contributed by atoms with van der Waals surface area (Å²) >= 11 is 0. The van der Waals surface area contributed by atoms with Gasteiger partial charge in [0, 0.05) is 6.07 Å². The molecule has 0 heterocycles. The first kappa shape index (κ1) is 24.3. The number of ether oxygens (including phenoxy) is 3. The summed E-state index contributed by atoms with van der Waals surface area (Å²) in [4.78, 5) is 12.4. The predicted molar refractivity (Wildman–Crippen MR) is 121 cm³/mol.